The van der Waals surface area contributed by atoms with Gasteiger partial charge in [-0.2, -0.15) is 0 Å². The minimum atomic E-state index is -0.609. The van der Waals surface area contributed by atoms with Gasteiger partial charge < -0.3 is 9.64 Å². The number of carbonyl (C=O) groups is 1. The number of piperidine rings is 1. The molecule has 0 N–H and O–H groups in total. The van der Waals surface area contributed by atoms with Crippen molar-refractivity contribution < 1.29 is 13.9 Å². The summed E-state index contributed by atoms with van der Waals surface area (Å²) in [5.74, 6) is -0.501. The number of benzene rings is 1. The van der Waals surface area contributed by atoms with Crippen molar-refractivity contribution >= 4 is 34.2 Å². The van der Waals surface area contributed by atoms with E-state index in [-0.39, 0.29) is 23.2 Å². The minimum absolute atomic E-state index is 0.0936. The van der Waals surface area contributed by atoms with E-state index in [1.165, 1.54) is 13.3 Å². The largest absolute Gasteiger partial charge is 0.469 e. The summed E-state index contributed by atoms with van der Waals surface area (Å²) in [6.07, 6.45) is 3.32. The molecule has 2 aromatic rings. The Labute approximate surface area is 151 Å². The second kappa shape index (κ2) is 6.79. The number of aromatic nitrogens is 1. The summed E-state index contributed by atoms with van der Waals surface area (Å²) < 4.78 is 20.0. The molecule has 0 saturated carbocycles. The second-order valence-electron chi connectivity index (χ2n) is 7.09. The third-order valence-corrected chi connectivity index (χ3v) is 5.60. The van der Waals surface area contributed by atoms with E-state index in [4.69, 9.17) is 16.3 Å². The van der Waals surface area contributed by atoms with E-state index >= 15 is 4.39 Å². The van der Waals surface area contributed by atoms with E-state index in [1.54, 1.807) is 18.2 Å². The number of esters is 1. The molecule has 1 aromatic carbocycles. The number of fused-ring (bicyclic) bond motifs is 1. The van der Waals surface area contributed by atoms with Crippen molar-refractivity contribution in [3.8, 4) is 0 Å². The fourth-order valence-corrected chi connectivity index (χ4v) is 3.81. The van der Waals surface area contributed by atoms with Gasteiger partial charge in [0, 0.05) is 24.7 Å². The monoisotopic (exact) mass is 364 g/mol. The fourth-order valence-electron chi connectivity index (χ4n) is 3.60. The predicted molar refractivity (Wildman–Crippen MR) is 97.4 cm³/mol. The van der Waals surface area contributed by atoms with E-state index in [2.05, 4.69) is 4.98 Å². The summed E-state index contributed by atoms with van der Waals surface area (Å²) in [7, 11) is 1.41. The first-order chi connectivity index (χ1) is 11.9. The molecule has 1 atom stereocenters. The Morgan fingerprint density at radius 1 is 1.40 bits per heavy atom. The maximum atomic E-state index is 15.0. The topological polar surface area (TPSA) is 42.4 Å². The molecule has 1 aliphatic rings. The highest BCUT2D eigenvalue weighted by molar-refractivity contribution is 6.35. The van der Waals surface area contributed by atoms with Crippen molar-refractivity contribution in [2.75, 3.05) is 25.1 Å². The Morgan fingerprint density at radius 3 is 2.88 bits per heavy atom. The fraction of sp³-hybridized carbons (Fsp3) is 0.474. The van der Waals surface area contributed by atoms with Crippen molar-refractivity contribution in [1.82, 2.24) is 4.98 Å². The molecule has 1 saturated heterocycles. The van der Waals surface area contributed by atoms with Gasteiger partial charge in [-0.3, -0.25) is 9.78 Å². The zero-order valence-corrected chi connectivity index (χ0v) is 15.4. The van der Waals surface area contributed by atoms with Crippen molar-refractivity contribution in [3.05, 3.63) is 35.2 Å². The highest BCUT2D eigenvalue weighted by atomic mass is 35.5. The normalized spacial score (nSPS) is 18.4. The standard InChI is InChI=1S/C19H22ClFN2O2/c1-19(2,18(24)25-3)12-5-4-10-23(11-12)15-7-6-13-14(20)8-9-22-17(13)16(15)21/h6-9,12H,4-5,10-11H2,1-3H3. The van der Waals surface area contributed by atoms with Gasteiger partial charge in [0.2, 0.25) is 0 Å². The third kappa shape index (κ3) is 3.17. The van der Waals surface area contributed by atoms with Crippen LogP contribution in [0, 0.1) is 17.2 Å². The van der Waals surface area contributed by atoms with Gasteiger partial charge in [-0.25, -0.2) is 4.39 Å². The number of nitrogens with zero attached hydrogens (tertiary/aromatic N) is 2. The molecule has 25 heavy (non-hydrogen) atoms. The van der Waals surface area contributed by atoms with Gasteiger partial charge in [-0.05, 0) is 50.8 Å². The summed E-state index contributed by atoms with van der Waals surface area (Å²) in [5, 5.41) is 1.09. The first-order valence-corrected chi connectivity index (χ1v) is 8.80. The van der Waals surface area contributed by atoms with E-state index in [0.717, 1.165) is 19.4 Å². The number of methoxy groups -OCH3 is 1. The third-order valence-electron chi connectivity index (χ3n) is 5.27. The van der Waals surface area contributed by atoms with E-state index in [0.29, 0.717) is 22.6 Å². The van der Waals surface area contributed by atoms with E-state index in [1.807, 2.05) is 18.7 Å². The van der Waals surface area contributed by atoms with Crippen LogP contribution in [0.1, 0.15) is 26.7 Å². The highest BCUT2D eigenvalue weighted by Crippen LogP contribution is 2.38. The van der Waals surface area contributed by atoms with Crippen LogP contribution in [-0.2, 0) is 9.53 Å². The van der Waals surface area contributed by atoms with Crippen LogP contribution in [0.25, 0.3) is 10.9 Å². The molecular formula is C19H22ClFN2O2. The number of pyridine rings is 1. The summed E-state index contributed by atoms with van der Waals surface area (Å²) in [5.41, 5.74) is 0.175. The van der Waals surface area contributed by atoms with Crippen molar-refractivity contribution in [2.45, 2.75) is 26.7 Å². The number of carbonyl (C=O) groups excluding carboxylic acids is 1. The maximum Gasteiger partial charge on any atom is 0.311 e. The molecule has 0 aliphatic carbocycles. The van der Waals surface area contributed by atoms with E-state index in [9.17, 15) is 4.79 Å². The van der Waals surface area contributed by atoms with Crippen LogP contribution >= 0.6 is 11.6 Å². The van der Waals surface area contributed by atoms with Crippen LogP contribution < -0.4 is 4.90 Å². The minimum Gasteiger partial charge on any atom is -0.469 e. The highest BCUT2D eigenvalue weighted by Gasteiger charge is 2.40. The Hall–Kier alpha value is -1.88. The Balaban J connectivity index is 1.93. The lowest BCUT2D eigenvalue weighted by molar-refractivity contribution is -0.154. The lowest BCUT2D eigenvalue weighted by Crippen LogP contribution is -2.45. The molecule has 1 unspecified atom stereocenters. The van der Waals surface area contributed by atoms with Crippen LogP contribution in [0.3, 0.4) is 0 Å². The second-order valence-corrected chi connectivity index (χ2v) is 7.49. The average Bonchev–Trinajstić information content (AvgIpc) is 2.62. The predicted octanol–water partition coefficient (Wildman–Crippen LogP) is 4.44. The van der Waals surface area contributed by atoms with Gasteiger partial charge in [0.25, 0.3) is 0 Å². The number of ether oxygens (including phenoxy) is 1. The first kappa shape index (κ1) is 17.9. The smallest absolute Gasteiger partial charge is 0.311 e. The molecule has 6 heteroatoms. The van der Waals surface area contributed by atoms with Crippen molar-refractivity contribution in [2.24, 2.45) is 11.3 Å². The molecule has 134 valence electrons. The molecule has 0 amide bonds. The van der Waals surface area contributed by atoms with Crippen LogP contribution in [0.15, 0.2) is 24.4 Å². The summed E-state index contributed by atoms with van der Waals surface area (Å²) in [6.45, 7) is 5.14. The number of halogens is 2. The molecule has 0 bridgehead atoms. The lowest BCUT2D eigenvalue weighted by Gasteiger charge is -2.41. The van der Waals surface area contributed by atoms with Gasteiger partial charge in [0.1, 0.15) is 5.52 Å². The molecule has 0 radical (unpaired) electrons. The van der Waals surface area contributed by atoms with Crippen LogP contribution in [0.4, 0.5) is 10.1 Å². The average molecular weight is 365 g/mol. The van der Waals surface area contributed by atoms with Gasteiger partial charge in [0.05, 0.1) is 23.2 Å². The molecule has 1 aromatic heterocycles. The Bertz CT molecular complexity index is 809. The van der Waals surface area contributed by atoms with Gasteiger partial charge in [0.15, 0.2) is 5.82 Å². The molecule has 0 spiro atoms. The quantitative estimate of drug-likeness (QED) is 0.755. The van der Waals surface area contributed by atoms with Crippen molar-refractivity contribution in [1.29, 1.82) is 0 Å². The van der Waals surface area contributed by atoms with Crippen LogP contribution in [-0.4, -0.2) is 31.2 Å². The first-order valence-electron chi connectivity index (χ1n) is 8.42. The van der Waals surface area contributed by atoms with Crippen molar-refractivity contribution in [3.63, 3.8) is 0 Å². The maximum absolute atomic E-state index is 15.0. The summed E-state index contributed by atoms with van der Waals surface area (Å²) in [4.78, 5) is 18.3. The molecule has 3 rings (SSSR count). The number of hydrogen-bond acceptors (Lipinski definition) is 4. The molecule has 4 nitrogen and oxygen atoms in total. The number of hydrogen-bond donors (Lipinski definition) is 0. The number of anilines is 1. The van der Waals surface area contributed by atoms with Crippen LogP contribution in [0.2, 0.25) is 5.02 Å². The van der Waals surface area contributed by atoms with Gasteiger partial charge in [-0.1, -0.05) is 11.6 Å². The van der Waals surface area contributed by atoms with Gasteiger partial charge in [-0.15, -0.1) is 0 Å². The zero-order chi connectivity index (χ0) is 18.2. The summed E-state index contributed by atoms with van der Waals surface area (Å²) in [6, 6.07) is 5.20. The Kier molecular flexibility index (Phi) is 4.87. The molecule has 2 heterocycles. The SMILES string of the molecule is COC(=O)C(C)(C)C1CCCN(c2ccc3c(Cl)ccnc3c2F)C1. The lowest BCUT2D eigenvalue weighted by atomic mass is 9.74. The van der Waals surface area contributed by atoms with E-state index < -0.39 is 5.41 Å². The number of rotatable bonds is 3. The Morgan fingerprint density at radius 2 is 2.16 bits per heavy atom. The summed E-state index contributed by atoms with van der Waals surface area (Å²) >= 11 is 6.13. The molecule has 1 fully saturated rings. The zero-order valence-electron chi connectivity index (χ0n) is 14.7. The molecular weight excluding hydrogens is 343 g/mol. The molecule has 1 aliphatic heterocycles. The van der Waals surface area contributed by atoms with Crippen LogP contribution in [0.5, 0.6) is 0 Å². The van der Waals surface area contributed by atoms with Gasteiger partial charge >= 0.3 is 5.97 Å².